The average Bonchev–Trinajstić information content (AvgIpc) is 2.52. The van der Waals surface area contributed by atoms with Crippen LogP contribution in [-0.2, 0) is 15.5 Å². The van der Waals surface area contributed by atoms with Crippen molar-refractivity contribution in [1.29, 1.82) is 0 Å². The first-order chi connectivity index (χ1) is 10.7. The van der Waals surface area contributed by atoms with Crippen LogP contribution >= 0.6 is 8.25 Å². The van der Waals surface area contributed by atoms with Crippen LogP contribution in [0.2, 0.25) is 0 Å². The van der Waals surface area contributed by atoms with Crippen LogP contribution in [0.5, 0.6) is 5.75 Å². The molecule has 0 aromatic heterocycles. The Bertz CT molecular complexity index is 412. The van der Waals surface area contributed by atoms with Crippen LogP contribution in [0.4, 0.5) is 0 Å². The van der Waals surface area contributed by atoms with E-state index in [0.717, 1.165) is 12.2 Å². The number of ether oxygens (including phenoxy) is 1. The van der Waals surface area contributed by atoms with Crippen LogP contribution in [0.3, 0.4) is 0 Å². The summed E-state index contributed by atoms with van der Waals surface area (Å²) in [7, 11) is -2.78. The molecule has 0 aliphatic heterocycles. The zero-order chi connectivity index (χ0) is 16.0. The Morgan fingerprint density at radius 2 is 1.57 bits per heavy atom. The molecular weight excluding hydrogens is 322 g/mol. The SMILES string of the molecule is CCCCCCCCCc1ccc(OCCO[P+](=O)[O-])cc1.[Na+]. The monoisotopic (exact) mass is 349 g/mol. The van der Waals surface area contributed by atoms with Crippen molar-refractivity contribution in [3.8, 4) is 5.75 Å². The molecule has 0 aliphatic carbocycles. The van der Waals surface area contributed by atoms with Crippen molar-refractivity contribution in [2.24, 2.45) is 0 Å². The van der Waals surface area contributed by atoms with Gasteiger partial charge >= 0.3 is 37.8 Å². The van der Waals surface area contributed by atoms with Crippen molar-refractivity contribution >= 4 is 8.25 Å². The van der Waals surface area contributed by atoms with E-state index in [1.165, 1.54) is 50.5 Å². The summed E-state index contributed by atoms with van der Waals surface area (Å²) in [6.45, 7) is 2.53. The fraction of sp³-hybridized carbons (Fsp3) is 0.647. The molecule has 1 rings (SSSR count). The van der Waals surface area contributed by atoms with Crippen LogP contribution in [0.15, 0.2) is 24.3 Å². The topological polar surface area (TPSA) is 58.6 Å². The first-order valence-corrected chi connectivity index (χ1v) is 9.31. The van der Waals surface area contributed by atoms with Gasteiger partial charge in [0.2, 0.25) is 0 Å². The fourth-order valence-corrected chi connectivity index (χ4v) is 2.53. The minimum atomic E-state index is -2.78. The van der Waals surface area contributed by atoms with Gasteiger partial charge in [0.25, 0.3) is 0 Å². The van der Waals surface area contributed by atoms with Crippen molar-refractivity contribution < 1.29 is 48.3 Å². The Labute approximate surface area is 163 Å². The Kier molecular flexibility index (Phi) is 15.6. The van der Waals surface area contributed by atoms with Crippen LogP contribution in [-0.4, -0.2) is 13.2 Å². The molecule has 0 bridgehead atoms. The summed E-state index contributed by atoms with van der Waals surface area (Å²) in [4.78, 5) is 10.2. The summed E-state index contributed by atoms with van der Waals surface area (Å²) in [6.07, 6.45) is 10.4. The zero-order valence-corrected chi connectivity index (χ0v) is 17.4. The van der Waals surface area contributed by atoms with Gasteiger partial charge in [0, 0.05) is 0 Å². The van der Waals surface area contributed by atoms with E-state index in [2.05, 4.69) is 23.6 Å². The van der Waals surface area contributed by atoms with Crippen LogP contribution in [0, 0.1) is 0 Å². The van der Waals surface area contributed by atoms with E-state index in [9.17, 15) is 9.46 Å². The van der Waals surface area contributed by atoms with Crippen molar-refractivity contribution in [2.75, 3.05) is 13.2 Å². The van der Waals surface area contributed by atoms with Crippen LogP contribution in [0.1, 0.15) is 57.4 Å². The van der Waals surface area contributed by atoms with Crippen LogP contribution in [0.25, 0.3) is 0 Å². The molecule has 1 aromatic rings. The van der Waals surface area contributed by atoms with Gasteiger partial charge in [-0.25, -0.2) is 0 Å². The largest absolute Gasteiger partial charge is 1.00 e. The molecule has 0 amide bonds. The van der Waals surface area contributed by atoms with Gasteiger partial charge in [-0.05, 0) is 35.1 Å². The third-order valence-electron chi connectivity index (χ3n) is 3.54. The Morgan fingerprint density at radius 3 is 2.17 bits per heavy atom. The van der Waals surface area contributed by atoms with Gasteiger partial charge in [0.1, 0.15) is 19.0 Å². The molecule has 4 nitrogen and oxygen atoms in total. The Morgan fingerprint density at radius 1 is 0.957 bits per heavy atom. The number of hydrogen-bond acceptors (Lipinski definition) is 4. The minimum Gasteiger partial charge on any atom is -0.566 e. The van der Waals surface area contributed by atoms with Crippen molar-refractivity contribution in [1.82, 2.24) is 0 Å². The maximum atomic E-state index is 10.2. The van der Waals surface area contributed by atoms with E-state index in [-0.39, 0.29) is 42.8 Å². The molecule has 0 heterocycles. The third-order valence-corrected chi connectivity index (χ3v) is 3.93. The third kappa shape index (κ3) is 13.1. The van der Waals surface area contributed by atoms with E-state index in [0.29, 0.717) is 0 Å². The average molecular weight is 349 g/mol. The van der Waals surface area contributed by atoms with E-state index >= 15 is 0 Å². The van der Waals surface area contributed by atoms with Gasteiger partial charge in [-0.15, -0.1) is 4.52 Å². The predicted octanol–water partition coefficient (Wildman–Crippen LogP) is 1.40. The van der Waals surface area contributed by atoms with E-state index in [1.807, 2.05) is 12.1 Å². The molecule has 0 saturated heterocycles. The van der Waals surface area contributed by atoms with Gasteiger partial charge in [-0.2, -0.15) is 0 Å². The number of hydrogen-bond donors (Lipinski definition) is 0. The van der Waals surface area contributed by atoms with Gasteiger partial charge < -0.3 is 9.63 Å². The maximum absolute atomic E-state index is 10.2. The summed E-state index contributed by atoms with van der Waals surface area (Å²) in [6, 6.07) is 7.99. The summed E-state index contributed by atoms with van der Waals surface area (Å²) < 4.78 is 20.0. The quantitative estimate of drug-likeness (QED) is 0.307. The molecule has 124 valence electrons. The second-order valence-electron chi connectivity index (χ2n) is 5.42. The van der Waals surface area contributed by atoms with E-state index in [1.54, 1.807) is 0 Å². The van der Waals surface area contributed by atoms with Crippen molar-refractivity contribution in [2.45, 2.75) is 58.3 Å². The number of aryl methyl sites for hydroxylation is 1. The molecule has 0 aliphatic rings. The molecule has 6 heteroatoms. The molecular formula is C17H27NaO4P+. The number of rotatable bonds is 13. The molecule has 0 spiro atoms. The zero-order valence-electron chi connectivity index (χ0n) is 14.5. The summed E-state index contributed by atoms with van der Waals surface area (Å²) >= 11 is 0. The van der Waals surface area contributed by atoms with E-state index < -0.39 is 8.25 Å². The van der Waals surface area contributed by atoms with Gasteiger partial charge in [0.05, 0.1) is 0 Å². The molecule has 1 atom stereocenters. The molecule has 0 N–H and O–H groups in total. The first kappa shape index (κ1) is 23.0. The fourth-order valence-electron chi connectivity index (χ4n) is 2.31. The Balaban J connectivity index is 0.00000484. The smallest absolute Gasteiger partial charge is 0.566 e. The number of unbranched alkanes of at least 4 members (excludes halogenated alkanes) is 6. The van der Waals surface area contributed by atoms with Gasteiger partial charge in [-0.3, -0.25) is 0 Å². The molecule has 1 unspecified atom stereocenters. The minimum absolute atomic E-state index is 0. The molecule has 0 saturated carbocycles. The molecule has 0 fully saturated rings. The second kappa shape index (κ2) is 15.6. The molecule has 23 heavy (non-hydrogen) atoms. The van der Waals surface area contributed by atoms with Crippen molar-refractivity contribution in [3.05, 3.63) is 29.8 Å². The number of benzene rings is 1. The Hall–Kier alpha value is 0.0400. The predicted molar refractivity (Wildman–Crippen MR) is 87.2 cm³/mol. The van der Waals surface area contributed by atoms with Crippen LogP contribution < -0.4 is 39.2 Å². The van der Waals surface area contributed by atoms with Gasteiger partial charge in [0.15, 0.2) is 0 Å². The summed E-state index contributed by atoms with van der Waals surface area (Å²) in [5, 5.41) is 0. The first-order valence-electron chi connectivity index (χ1n) is 8.21. The van der Waals surface area contributed by atoms with E-state index in [4.69, 9.17) is 4.74 Å². The second-order valence-corrected chi connectivity index (χ2v) is 6.13. The standard InChI is InChI=1S/C17H27O4P.Na/c1-2-3-4-5-6-7-8-9-16-10-12-17(13-11-16)20-14-15-21-22(18)19;/h10-13H,2-9,14-15H2,1H3;/q;+1. The maximum Gasteiger partial charge on any atom is 1.00 e. The normalized spacial score (nSPS) is 11.0. The molecule has 1 aromatic carbocycles. The molecule has 0 radical (unpaired) electrons. The van der Waals surface area contributed by atoms with Crippen molar-refractivity contribution in [3.63, 3.8) is 0 Å². The summed E-state index contributed by atoms with van der Waals surface area (Å²) in [5.74, 6) is 0.744. The summed E-state index contributed by atoms with van der Waals surface area (Å²) in [5.41, 5.74) is 1.32. The van der Waals surface area contributed by atoms with Gasteiger partial charge in [-0.1, -0.05) is 57.6 Å².